The van der Waals surface area contributed by atoms with Crippen molar-refractivity contribution in [3.63, 3.8) is 0 Å². The predicted molar refractivity (Wildman–Crippen MR) is 43.3 cm³/mol. The van der Waals surface area contributed by atoms with Crippen LogP contribution in [0.15, 0.2) is 12.2 Å². The zero-order chi connectivity index (χ0) is 9.14. The summed E-state index contributed by atoms with van der Waals surface area (Å²) in [6.07, 6.45) is 0.172. The molecule has 0 aromatic heterocycles. The maximum Gasteiger partial charge on any atom is 0.272 e. The van der Waals surface area contributed by atoms with E-state index in [9.17, 15) is 4.79 Å². The van der Waals surface area contributed by atoms with Crippen LogP contribution in [0, 0.1) is 0 Å². The molecule has 0 aromatic rings. The molecule has 0 saturated carbocycles. The quantitative estimate of drug-likeness (QED) is 0.348. The lowest BCUT2D eigenvalue weighted by atomic mass is 10.3. The normalized spacial score (nSPS) is 20.3. The lowest BCUT2D eigenvalue weighted by Gasteiger charge is -2.15. The molecule has 0 spiro atoms. The number of amides is 1. The Bertz CT molecular complexity index is 198. The Balaban J connectivity index is 2.20. The Kier molecular flexibility index (Phi) is 2.83. The van der Waals surface area contributed by atoms with Gasteiger partial charge in [0.25, 0.3) is 5.91 Å². The monoisotopic (exact) mass is 171 g/mol. The number of carbonyl (C=O) groups is 1. The first kappa shape index (κ1) is 9.22. The molecule has 4 heteroatoms. The summed E-state index contributed by atoms with van der Waals surface area (Å²) in [6.45, 7) is 6.34. The zero-order valence-corrected chi connectivity index (χ0v) is 7.37. The average molecular weight is 171 g/mol. The van der Waals surface area contributed by atoms with Gasteiger partial charge < -0.3 is 4.74 Å². The number of rotatable bonds is 4. The van der Waals surface area contributed by atoms with Crippen LogP contribution in [0.1, 0.15) is 6.92 Å². The summed E-state index contributed by atoms with van der Waals surface area (Å²) < 4.78 is 4.91. The standard InChI is InChI=1S/C8H13NO3/c1-6(2)8(10)9(3)12-5-7-4-11-7/h7H,1,4-5H2,2-3H3. The lowest BCUT2D eigenvalue weighted by molar-refractivity contribution is -0.174. The van der Waals surface area contributed by atoms with Crippen molar-refractivity contribution in [2.75, 3.05) is 20.3 Å². The van der Waals surface area contributed by atoms with Crippen LogP contribution in [-0.4, -0.2) is 37.3 Å². The minimum absolute atomic E-state index is 0.172. The first-order valence-corrected chi connectivity index (χ1v) is 3.79. The molecule has 1 unspecified atom stereocenters. The largest absolute Gasteiger partial charge is 0.371 e. The molecule has 1 atom stereocenters. The van der Waals surface area contributed by atoms with E-state index in [1.807, 2.05) is 0 Å². The van der Waals surface area contributed by atoms with Crippen LogP contribution in [0.3, 0.4) is 0 Å². The molecule has 1 aliphatic rings. The maximum absolute atomic E-state index is 11.1. The third-order valence-electron chi connectivity index (χ3n) is 1.51. The van der Waals surface area contributed by atoms with Crippen LogP contribution in [-0.2, 0) is 14.4 Å². The van der Waals surface area contributed by atoms with Gasteiger partial charge in [0, 0.05) is 12.6 Å². The highest BCUT2D eigenvalue weighted by atomic mass is 16.7. The van der Waals surface area contributed by atoms with E-state index < -0.39 is 0 Å². The Labute approximate surface area is 71.7 Å². The highest BCUT2D eigenvalue weighted by Crippen LogP contribution is 2.09. The number of hydrogen-bond donors (Lipinski definition) is 0. The molecule has 12 heavy (non-hydrogen) atoms. The number of ether oxygens (including phenoxy) is 1. The highest BCUT2D eigenvalue weighted by Gasteiger charge is 2.24. The molecule has 1 saturated heterocycles. The van der Waals surface area contributed by atoms with Gasteiger partial charge in [0.1, 0.15) is 12.7 Å². The minimum atomic E-state index is -0.198. The smallest absolute Gasteiger partial charge is 0.272 e. The van der Waals surface area contributed by atoms with Crippen molar-refractivity contribution in [1.82, 2.24) is 5.06 Å². The average Bonchev–Trinajstić information content (AvgIpc) is 2.81. The Morgan fingerprint density at radius 2 is 2.42 bits per heavy atom. The number of epoxide rings is 1. The van der Waals surface area contributed by atoms with Gasteiger partial charge in [-0.15, -0.1) is 0 Å². The van der Waals surface area contributed by atoms with Crippen molar-refractivity contribution >= 4 is 5.91 Å². The molecule has 1 aliphatic heterocycles. The number of nitrogens with zero attached hydrogens (tertiary/aromatic N) is 1. The highest BCUT2D eigenvalue weighted by molar-refractivity contribution is 5.91. The van der Waals surface area contributed by atoms with Gasteiger partial charge in [-0.3, -0.25) is 9.63 Å². The third-order valence-corrected chi connectivity index (χ3v) is 1.51. The Morgan fingerprint density at radius 1 is 1.83 bits per heavy atom. The van der Waals surface area contributed by atoms with E-state index >= 15 is 0 Å². The summed E-state index contributed by atoms with van der Waals surface area (Å²) in [4.78, 5) is 16.2. The predicted octanol–water partition coefficient (Wildman–Crippen LogP) is 0.351. The Hall–Kier alpha value is -0.870. The van der Waals surface area contributed by atoms with Crippen molar-refractivity contribution in [3.05, 3.63) is 12.2 Å². The van der Waals surface area contributed by atoms with Gasteiger partial charge in [-0.05, 0) is 6.92 Å². The van der Waals surface area contributed by atoms with Gasteiger partial charge in [0.15, 0.2) is 0 Å². The van der Waals surface area contributed by atoms with Gasteiger partial charge in [-0.25, -0.2) is 5.06 Å². The molecule has 1 fully saturated rings. The summed E-state index contributed by atoms with van der Waals surface area (Å²) in [6, 6.07) is 0. The molecule has 0 radical (unpaired) electrons. The summed E-state index contributed by atoms with van der Waals surface area (Å²) >= 11 is 0. The fraction of sp³-hybridized carbons (Fsp3) is 0.625. The molecule has 1 amide bonds. The van der Waals surface area contributed by atoms with Crippen LogP contribution < -0.4 is 0 Å². The van der Waals surface area contributed by atoms with E-state index in [0.717, 1.165) is 6.61 Å². The van der Waals surface area contributed by atoms with Crippen LogP contribution in [0.2, 0.25) is 0 Å². The van der Waals surface area contributed by atoms with Crippen molar-refractivity contribution in [3.8, 4) is 0 Å². The van der Waals surface area contributed by atoms with E-state index in [0.29, 0.717) is 12.2 Å². The van der Waals surface area contributed by atoms with Crippen molar-refractivity contribution < 1.29 is 14.4 Å². The molecule has 0 bridgehead atoms. The Morgan fingerprint density at radius 3 is 2.83 bits per heavy atom. The SMILES string of the molecule is C=C(C)C(=O)N(C)OCC1CO1. The van der Waals surface area contributed by atoms with Crippen molar-refractivity contribution in [1.29, 1.82) is 0 Å². The van der Waals surface area contributed by atoms with Gasteiger partial charge in [-0.1, -0.05) is 6.58 Å². The maximum atomic E-state index is 11.1. The third kappa shape index (κ3) is 2.64. The molecular formula is C8H13NO3. The number of likely N-dealkylation sites (N-methyl/N-ethyl adjacent to an activating group) is 1. The van der Waals surface area contributed by atoms with Crippen LogP contribution in [0.4, 0.5) is 0 Å². The van der Waals surface area contributed by atoms with Crippen LogP contribution in [0.25, 0.3) is 0 Å². The first-order chi connectivity index (χ1) is 5.61. The fourth-order valence-corrected chi connectivity index (χ4v) is 0.687. The number of hydrogen-bond acceptors (Lipinski definition) is 3. The number of carbonyl (C=O) groups excluding carboxylic acids is 1. The zero-order valence-electron chi connectivity index (χ0n) is 7.37. The van der Waals surface area contributed by atoms with Crippen LogP contribution in [0.5, 0.6) is 0 Å². The molecule has 1 rings (SSSR count). The fourth-order valence-electron chi connectivity index (χ4n) is 0.687. The van der Waals surface area contributed by atoms with Crippen molar-refractivity contribution in [2.24, 2.45) is 0 Å². The van der Waals surface area contributed by atoms with Gasteiger partial charge in [0.05, 0.1) is 6.61 Å². The molecule has 1 heterocycles. The molecule has 0 aliphatic carbocycles. The second-order valence-corrected chi connectivity index (χ2v) is 2.83. The van der Waals surface area contributed by atoms with E-state index in [-0.39, 0.29) is 12.0 Å². The molecule has 0 N–H and O–H groups in total. The van der Waals surface area contributed by atoms with E-state index in [1.54, 1.807) is 14.0 Å². The number of hydroxylamine groups is 2. The summed E-state index contributed by atoms with van der Waals surface area (Å²) in [7, 11) is 1.57. The van der Waals surface area contributed by atoms with Gasteiger partial charge in [0.2, 0.25) is 0 Å². The molecule has 4 nitrogen and oxygen atoms in total. The van der Waals surface area contributed by atoms with E-state index in [1.165, 1.54) is 5.06 Å². The molecular weight excluding hydrogens is 158 g/mol. The summed E-state index contributed by atoms with van der Waals surface area (Å²) in [5, 5.41) is 1.18. The molecule has 68 valence electrons. The second kappa shape index (κ2) is 3.69. The first-order valence-electron chi connectivity index (χ1n) is 3.79. The van der Waals surface area contributed by atoms with E-state index in [2.05, 4.69) is 6.58 Å². The topological polar surface area (TPSA) is 42.1 Å². The van der Waals surface area contributed by atoms with E-state index in [4.69, 9.17) is 9.57 Å². The minimum Gasteiger partial charge on any atom is -0.371 e. The van der Waals surface area contributed by atoms with Crippen molar-refractivity contribution in [2.45, 2.75) is 13.0 Å². The summed E-state index contributed by atoms with van der Waals surface area (Å²) in [5.74, 6) is -0.198. The second-order valence-electron chi connectivity index (χ2n) is 2.83. The molecule has 0 aromatic carbocycles. The van der Waals surface area contributed by atoms with Gasteiger partial charge in [-0.2, -0.15) is 0 Å². The summed E-state index contributed by atoms with van der Waals surface area (Å²) in [5.41, 5.74) is 0.467. The van der Waals surface area contributed by atoms with Crippen LogP contribution >= 0.6 is 0 Å². The van der Waals surface area contributed by atoms with Gasteiger partial charge >= 0.3 is 0 Å². The lowest BCUT2D eigenvalue weighted by Crippen LogP contribution is -2.28.